The Morgan fingerprint density at radius 2 is 2.05 bits per heavy atom. The molecule has 0 spiro atoms. The topological polar surface area (TPSA) is 47.4 Å². The van der Waals surface area contributed by atoms with Gasteiger partial charge in [0.15, 0.2) is 0 Å². The van der Waals surface area contributed by atoms with E-state index in [1.165, 1.54) is 0 Å². The third kappa shape index (κ3) is 3.47. The van der Waals surface area contributed by atoms with Gasteiger partial charge >= 0.3 is 0 Å². The molecule has 0 fully saturated rings. The fourth-order valence-corrected chi connectivity index (χ4v) is 2.53. The molecule has 22 heavy (non-hydrogen) atoms. The molecule has 0 bridgehead atoms. The Kier molecular flexibility index (Phi) is 5.20. The molecule has 1 aromatic heterocycles. The van der Waals surface area contributed by atoms with Crippen LogP contribution < -0.4 is 4.74 Å². The molecule has 0 saturated carbocycles. The van der Waals surface area contributed by atoms with Crippen LogP contribution in [-0.2, 0) is 11.3 Å². The van der Waals surface area contributed by atoms with Crippen molar-refractivity contribution in [3.8, 4) is 5.75 Å². The van der Waals surface area contributed by atoms with E-state index in [4.69, 9.17) is 4.74 Å². The van der Waals surface area contributed by atoms with Crippen LogP contribution in [0.5, 0.6) is 5.75 Å². The van der Waals surface area contributed by atoms with Crippen molar-refractivity contribution in [3.05, 3.63) is 48.3 Å². The average Bonchev–Trinajstić information content (AvgIpc) is 3.05. The average molecular weight is 301 g/mol. The summed E-state index contributed by atoms with van der Waals surface area (Å²) in [6.07, 6.45) is 3.59. The summed E-state index contributed by atoms with van der Waals surface area (Å²) in [6, 6.07) is 9.60. The first kappa shape index (κ1) is 16.1. The summed E-state index contributed by atoms with van der Waals surface area (Å²) in [4.78, 5) is 14.4. The van der Waals surface area contributed by atoms with E-state index in [9.17, 15) is 4.79 Å². The summed E-state index contributed by atoms with van der Waals surface area (Å²) in [7, 11) is 3.48. The smallest absolute Gasteiger partial charge is 0.227 e. The summed E-state index contributed by atoms with van der Waals surface area (Å²) in [5.41, 5.74) is 1.01. The zero-order chi connectivity index (χ0) is 16.1. The lowest BCUT2D eigenvalue weighted by atomic mass is 10.0. The molecule has 2 atom stereocenters. The van der Waals surface area contributed by atoms with Gasteiger partial charge in [0.25, 0.3) is 0 Å². The van der Waals surface area contributed by atoms with Crippen molar-refractivity contribution in [2.45, 2.75) is 26.4 Å². The highest BCUT2D eigenvalue weighted by molar-refractivity contribution is 5.78. The summed E-state index contributed by atoms with van der Waals surface area (Å²) in [6.45, 7) is 4.51. The Bertz CT molecular complexity index is 610. The van der Waals surface area contributed by atoms with Crippen molar-refractivity contribution in [3.63, 3.8) is 0 Å². The van der Waals surface area contributed by atoms with Gasteiger partial charge in [0.05, 0.1) is 25.6 Å². The summed E-state index contributed by atoms with van der Waals surface area (Å²) >= 11 is 0. The predicted octanol–water partition coefficient (Wildman–Crippen LogP) is 2.75. The molecule has 0 saturated heterocycles. The largest absolute Gasteiger partial charge is 0.496 e. The van der Waals surface area contributed by atoms with Gasteiger partial charge in [-0.2, -0.15) is 5.10 Å². The minimum atomic E-state index is -0.137. The number of para-hydroxylation sites is 1. The van der Waals surface area contributed by atoms with Gasteiger partial charge in [-0.3, -0.25) is 9.48 Å². The zero-order valence-corrected chi connectivity index (χ0v) is 13.6. The molecule has 5 heteroatoms. The number of ether oxygens (including phenoxy) is 1. The van der Waals surface area contributed by atoms with Crippen molar-refractivity contribution < 1.29 is 9.53 Å². The van der Waals surface area contributed by atoms with E-state index in [0.29, 0.717) is 6.54 Å². The Labute approximate surface area is 131 Å². The van der Waals surface area contributed by atoms with Crippen LogP contribution in [0.15, 0.2) is 42.7 Å². The van der Waals surface area contributed by atoms with Gasteiger partial charge in [0.2, 0.25) is 5.91 Å². The molecule has 1 aromatic carbocycles. The highest BCUT2D eigenvalue weighted by Gasteiger charge is 2.24. The van der Waals surface area contributed by atoms with Gasteiger partial charge in [-0.05, 0) is 19.1 Å². The van der Waals surface area contributed by atoms with E-state index >= 15 is 0 Å². The standard InChI is InChI=1S/C17H23N3O2/c1-13(12-20-11-7-10-18-20)17(21)19(3)14(2)15-8-5-6-9-16(15)22-4/h5-11,13-14H,12H2,1-4H3/t13-,14+/m1/s1. The zero-order valence-electron chi connectivity index (χ0n) is 13.6. The molecule has 0 N–H and O–H groups in total. The van der Waals surface area contributed by atoms with Crippen LogP contribution in [0.4, 0.5) is 0 Å². The van der Waals surface area contributed by atoms with E-state index < -0.39 is 0 Å². The molecular formula is C17H23N3O2. The number of aromatic nitrogens is 2. The van der Waals surface area contributed by atoms with Gasteiger partial charge in [-0.1, -0.05) is 25.1 Å². The quantitative estimate of drug-likeness (QED) is 0.824. The normalized spacial score (nSPS) is 13.5. The maximum atomic E-state index is 12.6. The van der Waals surface area contributed by atoms with E-state index in [0.717, 1.165) is 11.3 Å². The Balaban J connectivity index is 2.09. The van der Waals surface area contributed by atoms with Crippen molar-refractivity contribution in [2.75, 3.05) is 14.2 Å². The SMILES string of the molecule is COc1ccccc1[C@H](C)N(C)C(=O)[C@H](C)Cn1cccn1. The fourth-order valence-electron chi connectivity index (χ4n) is 2.53. The molecule has 0 aliphatic rings. The van der Waals surface area contributed by atoms with Crippen LogP contribution in [-0.4, -0.2) is 34.7 Å². The number of methoxy groups -OCH3 is 1. The number of carbonyl (C=O) groups excluding carboxylic acids is 1. The lowest BCUT2D eigenvalue weighted by Crippen LogP contribution is -2.35. The van der Waals surface area contributed by atoms with Crippen LogP contribution in [0.2, 0.25) is 0 Å². The maximum absolute atomic E-state index is 12.6. The molecule has 0 aliphatic heterocycles. The predicted molar refractivity (Wildman–Crippen MR) is 85.6 cm³/mol. The molecule has 0 radical (unpaired) electrons. The first-order valence-electron chi connectivity index (χ1n) is 7.41. The van der Waals surface area contributed by atoms with Crippen molar-refractivity contribution in [1.82, 2.24) is 14.7 Å². The van der Waals surface area contributed by atoms with Crippen molar-refractivity contribution in [1.29, 1.82) is 0 Å². The Morgan fingerprint density at radius 1 is 1.32 bits per heavy atom. The Morgan fingerprint density at radius 3 is 2.68 bits per heavy atom. The fraction of sp³-hybridized carbons (Fsp3) is 0.412. The number of nitrogens with zero attached hydrogens (tertiary/aromatic N) is 3. The number of hydrogen-bond donors (Lipinski definition) is 0. The lowest BCUT2D eigenvalue weighted by Gasteiger charge is -2.29. The molecule has 0 aliphatic carbocycles. The number of carbonyl (C=O) groups is 1. The molecule has 2 aromatic rings. The Hall–Kier alpha value is -2.30. The summed E-state index contributed by atoms with van der Waals surface area (Å²) < 4.78 is 7.17. The van der Waals surface area contributed by atoms with Crippen LogP contribution in [0.25, 0.3) is 0 Å². The van der Waals surface area contributed by atoms with Gasteiger partial charge in [-0.25, -0.2) is 0 Å². The number of hydrogen-bond acceptors (Lipinski definition) is 3. The molecule has 5 nitrogen and oxygen atoms in total. The summed E-state index contributed by atoms with van der Waals surface area (Å²) in [5.74, 6) is 0.755. The first-order chi connectivity index (χ1) is 10.5. The first-order valence-corrected chi connectivity index (χ1v) is 7.41. The van der Waals surface area contributed by atoms with E-state index in [1.807, 2.05) is 57.4 Å². The number of rotatable bonds is 6. The third-order valence-corrected chi connectivity index (χ3v) is 3.96. The number of benzene rings is 1. The van der Waals surface area contributed by atoms with E-state index in [1.54, 1.807) is 22.9 Å². The second kappa shape index (κ2) is 7.11. The second-order valence-corrected chi connectivity index (χ2v) is 5.50. The van der Waals surface area contributed by atoms with Crippen LogP contribution in [0, 0.1) is 5.92 Å². The van der Waals surface area contributed by atoms with Gasteiger partial charge in [0, 0.05) is 25.0 Å². The highest BCUT2D eigenvalue weighted by atomic mass is 16.5. The molecule has 0 unspecified atom stereocenters. The molecule has 118 valence electrons. The van der Waals surface area contributed by atoms with Gasteiger partial charge in [-0.15, -0.1) is 0 Å². The number of amides is 1. The molecular weight excluding hydrogens is 278 g/mol. The minimum absolute atomic E-state index is 0.0521. The molecule has 2 rings (SSSR count). The third-order valence-electron chi connectivity index (χ3n) is 3.96. The van der Waals surface area contributed by atoms with E-state index in [2.05, 4.69) is 5.10 Å². The second-order valence-electron chi connectivity index (χ2n) is 5.50. The van der Waals surface area contributed by atoms with Crippen LogP contribution >= 0.6 is 0 Å². The summed E-state index contributed by atoms with van der Waals surface area (Å²) in [5, 5.41) is 4.15. The van der Waals surface area contributed by atoms with Gasteiger partial charge in [0.1, 0.15) is 5.75 Å². The van der Waals surface area contributed by atoms with E-state index in [-0.39, 0.29) is 17.9 Å². The van der Waals surface area contributed by atoms with Gasteiger partial charge < -0.3 is 9.64 Å². The molecule has 1 heterocycles. The van der Waals surface area contributed by atoms with Crippen molar-refractivity contribution >= 4 is 5.91 Å². The highest BCUT2D eigenvalue weighted by Crippen LogP contribution is 2.28. The monoisotopic (exact) mass is 301 g/mol. The lowest BCUT2D eigenvalue weighted by molar-refractivity contribution is -0.136. The van der Waals surface area contributed by atoms with Crippen LogP contribution in [0.1, 0.15) is 25.5 Å². The minimum Gasteiger partial charge on any atom is -0.496 e. The van der Waals surface area contributed by atoms with Crippen molar-refractivity contribution in [2.24, 2.45) is 5.92 Å². The van der Waals surface area contributed by atoms with Crippen LogP contribution in [0.3, 0.4) is 0 Å². The maximum Gasteiger partial charge on any atom is 0.227 e. The molecule has 1 amide bonds.